The number of urea groups is 1. The number of hydrogen-bond acceptors (Lipinski definition) is 5. The van der Waals surface area contributed by atoms with Gasteiger partial charge in [-0.15, -0.1) is 0 Å². The highest BCUT2D eigenvalue weighted by Crippen LogP contribution is 2.37. The fourth-order valence-corrected chi connectivity index (χ4v) is 4.03. The number of ether oxygens (including phenoxy) is 2. The van der Waals surface area contributed by atoms with E-state index < -0.39 is 23.4 Å². The summed E-state index contributed by atoms with van der Waals surface area (Å²) < 4.78 is 11.0. The van der Waals surface area contributed by atoms with Crippen LogP contribution in [-0.4, -0.2) is 42.6 Å². The minimum atomic E-state index is -0.911. The van der Waals surface area contributed by atoms with Crippen LogP contribution >= 0.6 is 15.9 Å². The summed E-state index contributed by atoms with van der Waals surface area (Å²) in [5, 5.41) is 3.54. The van der Waals surface area contributed by atoms with Crippen molar-refractivity contribution in [1.82, 2.24) is 15.8 Å². The van der Waals surface area contributed by atoms with Crippen LogP contribution in [0.3, 0.4) is 0 Å². The number of rotatable bonds is 4. The maximum atomic E-state index is 12.8. The highest BCUT2D eigenvalue weighted by molar-refractivity contribution is 9.10. The van der Waals surface area contributed by atoms with E-state index >= 15 is 0 Å². The van der Waals surface area contributed by atoms with Crippen LogP contribution in [0.25, 0.3) is 0 Å². The Balaban J connectivity index is 1.80. The van der Waals surface area contributed by atoms with E-state index in [0.717, 1.165) is 17.9 Å². The number of hydrazine groups is 1. The number of carbonyl (C=O) groups excluding carboxylic acids is 3. The SMILES string of the molecule is COc1cc(C(=O)NN2C(=O)NC3(CCC(C)CC3)C2=O)cc(OC)c1Br. The number of halogens is 1. The molecule has 0 bridgehead atoms. The molecule has 1 aliphatic carbocycles. The molecule has 9 heteroatoms. The number of amides is 4. The van der Waals surface area contributed by atoms with Gasteiger partial charge in [0.05, 0.1) is 14.2 Å². The third kappa shape index (κ3) is 3.47. The van der Waals surface area contributed by atoms with E-state index in [2.05, 4.69) is 33.6 Å². The Morgan fingerprint density at radius 3 is 2.30 bits per heavy atom. The predicted octanol–water partition coefficient (Wildman–Crippen LogP) is 2.61. The smallest absolute Gasteiger partial charge is 0.344 e. The summed E-state index contributed by atoms with van der Waals surface area (Å²) >= 11 is 3.33. The molecule has 0 aromatic heterocycles. The van der Waals surface area contributed by atoms with Crippen LogP contribution in [0.4, 0.5) is 4.79 Å². The molecule has 0 radical (unpaired) electrons. The number of imide groups is 1. The first kappa shape index (κ1) is 19.5. The van der Waals surface area contributed by atoms with Crippen molar-refractivity contribution >= 4 is 33.8 Å². The molecule has 1 spiro atoms. The van der Waals surface area contributed by atoms with Crippen LogP contribution in [0.2, 0.25) is 0 Å². The average molecular weight is 440 g/mol. The van der Waals surface area contributed by atoms with E-state index in [1.54, 1.807) is 0 Å². The Morgan fingerprint density at radius 2 is 1.78 bits per heavy atom. The number of methoxy groups -OCH3 is 2. The normalized spacial score (nSPS) is 24.7. The fourth-order valence-electron chi connectivity index (χ4n) is 3.48. The highest BCUT2D eigenvalue weighted by Gasteiger charge is 2.52. The fraction of sp³-hybridized carbons (Fsp3) is 0.500. The van der Waals surface area contributed by atoms with Gasteiger partial charge in [0.2, 0.25) is 0 Å². The van der Waals surface area contributed by atoms with Crippen molar-refractivity contribution in [1.29, 1.82) is 0 Å². The lowest BCUT2D eigenvalue weighted by molar-refractivity contribution is -0.134. The molecule has 2 aliphatic rings. The van der Waals surface area contributed by atoms with Gasteiger partial charge in [0.1, 0.15) is 21.5 Å². The van der Waals surface area contributed by atoms with Gasteiger partial charge in [-0.05, 0) is 59.7 Å². The summed E-state index contributed by atoms with van der Waals surface area (Å²) in [6.45, 7) is 2.13. The first-order chi connectivity index (χ1) is 12.8. The summed E-state index contributed by atoms with van der Waals surface area (Å²) in [5.41, 5.74) is 1.69. The van der Waals surface area contributed by atoms with Crippen molar-refractivity contribution in [2.24, 2.45) is 5.92 Å². The number of nitrogens with one attached hydrogen (secondary N) is 2. The van der Waals surface area contributed by atoms with E-state index in [4.69, 9.17) is 9.47 Å². The number of nitrogens with zero attached hydrogens (tertiary/aromatic N) is 1. The average Bonchev–Trinajstić information content (AvgIpc) is 2.88. The molecule has 27 heavy (non-hydrogen) atoms. The number of carbonyl (C=O) groups is 3. The first-order valence-electron chi connectivity index (χ1n) is 8.70. The van der Waals surface area contributed by atoms with Crippen molar-refractivity contribution in [3.63, 3.8) is 0 Å². The Hall–Kier alpha value is -2.29. The maximum Gasteiger partial charge on any atom is 0.344 e. The molecule has 4 amide bonds. The highest BCUT2D eigenvalue weighted by atomic mass is 79.9. The zero-order chi connectivity index (χ0) is 19.8. The molecule has 1 saturated carbocycles. The van der Waals surface area contributed by atoms with Gasteiger partial charge in [0, 0.05) is 5.56 Å². The Kier molecular flexibility index (Phi) is 5.32. The molecule has 2 fully saturated rings. The van der Waals surface area contributed by atoms with Crippen molar-refractivity contribution in [3.05, 3.63) is 22.2 Å². The molecular formula is C18H22BrN3O5. The lowest BCUT2D eigenvalue weighted by Crippen LogP contribution is -2.51. The Morgan fingerprint density at radius 1 is 1.22 bits per heavy atom. The third-order valence-electron chi connectivity index (χ3n) is 5.21. The third-order valence-corrected chi connectivity index (χ3v) is 5.99. The second kappa shape index (κ2) is 7.38. The van der Waals surface area contributed by atoms with Crippen LogP contribution in [0.1, 0.15) is 43.0 Å². The zero-order valence-electron chi connectivity index (χ0n) is 15.4. The minimum absolute atomic E-state index is 0.200. The van der Waals surface area contributed by atoms with Crippen LogP contribution in [0, 0.1) is 5.92 Å². The molecule has 0 unspecified atom stereocenters. The molecule has 146 valence electrons. The molecule has 1 aromatic rings. The van der Waals surface area contributed by atoms with Crippen molar-refractivity contribution < 1.29 is 23.9 Å². The van der Waals surface area contributed by atoms with E-state index in [9.17, 15) is 14.4 Å². The molecule has 1 aromatic carbocycles. The Labute approximate surface area is 165 Å². The van der Waals surface area contributed by atoms with E-state index in [0.29, 0.717) is 34.7 Å². The van der Waals surface area contributed by atoms with Gasteiger partial charge in [-0.1, -0.05) is 6.92 Å². The molecule has 8 nitrogen and oxygen atoms in total. The standard InChI is InChI=1S/C18H22BrN3O5/c1-10-4-6-18(7-5-10)16(24)22(17(25)20-18)21-15(23)11-8-12(26-2)14(19)13(9-11)27-3/h8-10H,4-7H2,1-3H3,(H,20,25)(H,21,23). The summed E-state index contributed by atoms with van der Waals surface area (Å²) in [6, 6.07) is 2.38. The molecule has 1 heterocycles. The summed E-state index contributed by atoms with van der Waals surface area (Å²) in [5.74, 6) is 0.295. The van der Waals surface area contributed by atoms with E-state index in [1.165, 1.54) is 26.4 Å². The van der Waals surface area contributed by atoms with Crippen LogP contribution in [0.15, 0.2) is 16.6 Å². The van der Waals surface area contributed by atoms with Crippen molar-refractivity contribution in [2.45, 2.75) is 38.1 Å². The van der Waals surface area contributed by atoms with E-state index in [-0.39, 0.29) is 5.56 Å². The monoisotopic (exact) mass is 439 g/mol. The van der Waals surface area contributed by atoms with E-state index in [1.807, 2.05) is 0 Å². The molecule has 1 saturated heterocycles. The van der Waals surface area contributed by atoms with Gasteiger partial charge in [-0.2, -0.15) is 5.01 Å². The van der Waals surface area contributed by atoms with Crippen LogP contribution in [0.5, 0.6) is 11.5 Å². The van der Waals surface area contributed by atoms with Crippen LogP contribution < -0.4 is 20.2 Å². The van der Waals surface area contributed by atoms with Crippen molar-refractivity contribution in [3.8, 4) is 11.5 Å². The molecule has 0 atom stereocenters. The first-order valence-corrected chi connectivity index (χ1v) is 9.50. The molecule has 3 rings (SSSR count). The van der Waals surface area contributed by atoms with Gasteiger partial charge in [0.15, 0.2) is 0 Å². The molecule has 2 N–H and O–H groups in total. The quantitative estimate of drug-likeness (QED) is 0.702. The maximum absolute atomic E-state index is 12.8. The van der Waals surface area contributed by atoms with Gasteiger partial charge >= 0.3 is 6.03 Å². The Bertz CT molecular complexity index is 764. The lowest BCUT2D eigenvalue weighted by Gasteiger charge is -2.33. The van der Waals surface area contributed by atoms with Crippen LogP contribution in [-0.2, 0) is 4.79 Å². The minimum Gasteiger partial charge on any atom is -0.495 e. The second-order valence-electron chi connectivity index (χ2n) is 6.97. The second-order valence-corrected chi connectivity index (χ2v) is 7.76. The number of hydrogen-bond donors (Lipinski definition) is 2. The van der Waals surface area contributed by atoms with Gasteiger partial charge in [0.25, 0.3) is 11.8 Å². The zero-order valence-corrected chi connectivity index (χ0v) is 17.0. The number of benzene rings is 1. The van der Waals surface area contributed by atoms with Crippen molar-refractivity contribution in [2.75, 3.05) is 14.2 Å². The summed E-state index contributed by atoms with van der Waals surface area (Å²) in [6.07, 6.45) is 2.86. The van der Waals surface area contributed by atoms with Gasteiger partial charge < -0.3 is 14.8 Å². The lowest BCUT2D eigenvalue weighted by atomic mass is 9.77. The van der Waals surface area contributed by atoms with Gasteiger partial charge in [-0.25, -0.2) is 4.79 Å². The largest absolute Gasteiger partial charge is 0.495 e. The topological polar surface area (TPSA) is 97.0 Å². The summed E-state index contributed by atoms with van der Waals surface area (Å²) in [4.78, 5) is 37.8. The van der Waals surface area contributed by atoms with Gasteiger partial charge in [-0.3, -0.25) is 15.0 Å². The predicted molar refractivity (Wildman–Crippen MR) is 100 cm³/mol. The molecule has 1 aliphatic heterocycles. The summed E-state index contributed by atoms with van der Waals surface area (Å²) in [7, 11) is 2.93. The molecular weight excluding hydrogens is 418 g/mol.